The van der Waals surface area contributed by atoms with Crippen LogP contribution in [0.5, 0.6) is 0 Å². The Labute approximate surface area is 119 Å². The largest absolute Gasteiger partial charge is 0.370 e. The molecule has 0 unspecified atom stereocenters. The van der Waals surface area contributed by atoms with E-state index in [-0.39, 0.29) is 12.6 Å². The molecule has 0 saturated carbocycles. The normalized spacial score (nSPS) is 8.19. The van der Waals surface area contributed by atoms with Crippen molar-refractivity contribution in [2.75, 3.05) is 6.61 Å². The summed E-state index contributed by atoms with van der Waals surface area (Å²) >= 11 is 0. The van der Waals surface area contributed by atoms with Crippen LogP contribution < -0.4 is 11.5 Å². The van der Waals surface area contributed by atoms with Crippen molar-refractivity contribution in [3.63, 3.8) is 0 Å². The number of aromatic nitrogens is 1. The minimum Gasteiger partial charge on any atom is -0.370 e. The van der Waals surface area contributed by atoms with Crippen molar-refractivity contribution in [3.8, 4) is 0 Å². The minimum atomic E-state index is -1.50. The Morgan fingerprint density at radius 1 is 1.38 bits per heavy atom. The highest BCUT2D eigenvalue weighted by Crippen LogP contribution is 1.98. The Kier molecular flexibility index (Phi) is 12.7. The molecule has 0 amide bonds. The molecule has 0 bridgehead atoms. The van der Waals surface area contributed by atoms with Crippen LogP contribution in [0, 0.1) is 25.6 Å². The van der Waals surface area contributed by atoms with E-state index in [1.54, 1.807) is 6.20 Å². The lowest BCUT2D eigenvalue weighted by Crippen LogP contribution is -2.20. The lowest BCUT2D eigenvalue weighted by molar-refractivity contribution is -0.757. The number of nitrogens with one attached hydrogen (secondary N) is 1. The lowest BCUT2D eigenvalue weighted by atomic mass is 10.2. The van der Waals surface area contributed by atoms with Crippen molar-refractivity contribution in [1.82, 2.24) is 4.98 Å². The second-order valence-corrected chi connectivity index (χ2v) is 3.17. The third-order valence-electron chi connectivity index (χ3n) is 1.50. The molecule has 0 aliphatic rings. The highest BCUT2D eigenvalue weighted by atomic mass is 16.9. The van der Waals surface area contributed by atoms with Gasteiger partial charge in [-0.3, -0.25) is 10.4 Å². The number of nitrogens with two attached hydrogens (primary N) is 2. The van der Waals surface area contributed by atoms with Crippen molar-refractivity contribution in [1.29, 1.82) is 5.41 Å². The molecule has 1 aromatic rings. The number of pyridine rings is 1. The van der Waals surface area contributed by atoms with Gasteiger partial charge in [0.05, 0.1) is 6.61 Å². The summed E-state index contributed by atoms with van der Waals surface area (Å²) in [5.41, 5.74) is 9.87. The van der Waals surface area contributed by atoms with Gasteiger partial charge in [0, 0.05) is 11.9 Å². The maximum atomic E-state index is 9.78. The zero-order chi connectivity index (χ0) is 16.7. The van der Waals surface area contributed by atoms with E-state index in [1.807, 2.05) is 18.2 Å². The third kappa shape index (κ3) is 26.4. The fourth-order valence-corrected chi connectivity index (χ4v) is 0.938. The van der Waals surface area contributed by atoms with Gasteiger partial charge in [-0.25, -0.2) is 0 Å². The summed E-state index contributed by atoms with van der Waals surface area (Å²) < 4.78 is 0. The molecule has 0 spiro atoms. The average Bonchev–Trinajstić information content (AvgIpc) is 2.34. The van der Waals surface area contributed by atoms with Crippen LogP contribution in [0.3, 0.4) is 0 Å². The van der Waals surface area contributed by atoms with Gasteiger partial charge in [0.25, 0.3) is 10.2 Å². The minimum absolute atomic E-state index is 0.129. The monoisotopic (exact) mass is 304 g/mol. The predicted octanol–water partition coefficient (Wildman–Crippen LogP) is -0.287. The first kappa shape index (κ1) is 20.1. The number of nitrogens with zero attached hydrogens (tertiary/aromatic N) is 3. The first-order valence-corrected chi connectivity index (χ1v) is 5.35. The second-order valence-electron chi connectivity index (χ2n) is 3.17. The molecule has 12 nitrogen and oxygen atoms in total. The van der Waals surface area contributed by atoms with E-state index in [2.05, 4.69) is 21.3 Å². The van der Waals surface area contributed by atoms with Crippen molar-refractivity contribution >= 4 is 5.96 Å². The lowest BCUT2D eigenvalue weighted by Gasteiger charge is -1.98. The Morgan fingerprint density at radius 2 is 1.90 bits per heavy atom. The molecule has 1 rings (SSSR count). The van der Waals surface area contributed by atoms with E-state index in [0.29, 0.717) is 12.8 Å². The molecule has 0 aliphatic heterocycles. The summed E-state index contributed by atoms with van der Waals surface area (Å²) in [6.07, 6.45) is 3.01. The van der Waals surface area contributed by atoms with Gasteiger partial charge < -0.3 is 21.5 Å². The highest BCUT2D eigenvalue weighted by Gasteiger charge is 1.96. The molecule has 0 fully saturated rings. The summed E-state index contributed by atoms with van der Waals surface area (Å²) in [5, 5.41) is 28.7. The van der Waals surface area contributed by atoms with Crippen molar-refractivity contribution in [3.05, 3.63) is 50.3 Å². The second kappa shape index (κ2) is 13.3. The van der Waals surface area contributed by atoms with Crippen LogP contribution in [0.25, 0.3) is 0 Å². The molecule has 0 aliphatic carbocycles. The van der Waals surface area contributed by atoms with E-state index in [0.717, 1.165) is 5.69 Å². The SMILES string of the molecule is N=C(N)N.O=[N+]([O-])O.O=[N+]([O-])OCCCc1ccccn1. The highest BCUT2D eigenvalue weighted by molar-refractivity contribution is 5.71. The fraction of sp³-hybridized carbons (Fsp3) is 0.333. The van der Waals surface area contributed by atoms with E-state index in [4.69, 9.17) is 20.7 Å². The average molecular weight is 304 g/mol. The third-order valence-corrected chi connectivity index (χ3v) is 1.50. The van der Waals surface area contributed by atoms with Gasteiger partial charge in [-0.1, -0.05) is 6.07 Å². The molecule has 12 heteroatoms. The number of rotatable bonds is 5. The van der Waals surface area contributed by atoms with Crippen molar-refractivity contribution in [2.24, 2.45) is 11.5 Å². The Bertz CT molecular complexity index is 408. The van der Waals surface area contributed by atoms with Gasteiger partial charge in [-0.15, -0.1) is 20.2 Å². The molecule has 21 heavy (non-hydrogen) atoms. The molecule has 0 saturated heterocycles. The number of hydrogen-bond acceptors (Lipinski definition) is 7. The van der Waals surface area contributed by atoms with E-state index in [1.165, 1.54) is 0 Å². The van der Waals surface area contributed by atoms with E-state index >= 15 is 0 Å². The molecule has 0 aromatic carbocycles. The van der Waals surface area contributed by atoms with Crippen LogP contribution >= 0.6 is 0 Å². The van der Waals surface area contributed by atoms with Crippen LogP contribution in [-0.2, 0) is 11.3 Å². The van der Waals surface area contributed by atoms with Crippen molar-refractivity contribution in [2.45, 2.75) is 12.8 Å². The molecule has 6 N–H and O–H groups in total. The summed E-state index contributed by atoms with van der Waals surface area (Å²) in [6.45, 7) is 0.129. The van der Waals surface area contributed by atoms with Gasteiger partial charge in [-0.2, -0.15) is 0 Å². The van der Waals surface area contributed by atoms with E-state index < -0.39 is 10.2 Å². The standard InChI is InChI=1S/C8H10N2O3.CH5N3.HNO3/c11-10(12)13-7-3-5-8-4-1-2-6-9-8;2*2-1(3)4/h1-2,4,6H,3,5,7H2;(H5,2,3,4);(H,2,3,4). The van der Waals surface area contributed by atoms with Crippen LogP contribution in [0.1, 0.15) is 12.1 Å². The number of hydrogen-bond donors (Lipinski definition) is 4. The van der Waals surface area contributed by atoms with E-state index in [9.17, 15) is 10.1 Å². The van der Waals surface area contributed by atoms with Crippen LogP contribution in [0.4, 0.5) is 0 Å². The molecular formula is C9H16N6O6. The topological polar surface area (TPSA) is 205 Å². The van der Waals surface area contributed by atoms with Crippen LogP contribution in [-0.4, -0.2) is 32.9 Å². The smallest absolute Gasteiger partial charge is 0.294 e. The number of guanidine groups is 1. The number of aryl methyl sites for hydroxylation is 1. The zero-order valence-corrected chi connectivity index (χ0v) is 10.9. The first-order chi connectivity index (χ1) is 9.75. The molecule has 1 aromatic heterocycles. The summed E-state index contributed by atoms with van der Waals surface area (Å²) in [4.78, 5) is 26.4. The Morgan fingerprint density at radius 3 is 2.29 bits per heavy atom. The first-order valence-electron chi connectivity index (χ1n) is 5.35. The molecule has 0 radical (unpaired) electrons. The summed E-state index contributed by atoms with van der Waals surface area (Å²) in [5.74, 6) is -0.333. The summed E-state index contributed by atoms with van der Waals surface area (Å²) in [7, 11) is 0. The molecule has 0 atom stereocenters. The maximum absolute atomic E-state index is 9.78. The summed E-state index contributed by atoms with van der Waals surface area (Å²) in [6, 6.07) is 5.60. The van der Waals surface area contributed by atoms with Gasteiger partial charge in [0.2, 0.25) is 0 Å². The Balaban J connectivity index is 0. The van der Waals surface area contributed by atoms with Gasteiger partial charge in [-0.05, 0) is 25.0 Å². The zero-order valence-electron chi connectivity index (χ0n) is 10.9. The van der Waals surface area contributed by atoms with Crippen LogP contribution in [0.2, 0.25) is 0 Å². The Hall–Kier alpha value is -3.18. The van der Waals surface area contributed by atoms with Gasteiger partial charge in [0.1, 0.15) is 0 Å². The van der Waals surface area contributed by atoms with Gasteiger partial charge >= 0.3 is 0 Å². The molecule has 118 valence electrons. The van der Waals surface area contributed by atoms with Gasteiger partial charge in [0.15, 0.2) is 5.96 Å². The molecule has 1 heterocycles. The van der Waals surface area contributed by atoms with Crippen molar-refractivity contribution < 1.29 is 20.2 Å². The predicted molar refractivity (Wildman–Crippen MR) is 70.4 cm³/mol. The molecular weight excluding hydrogens is 288 g/mol. The maximum Gasteiger partial charge on any atom is 0.294 e. The fourth-order valence-electron chi connectivity index (χ4n) is 0.938. The quantitative estimate of drug-likeness (QED) is 0.185. The van der Waals surface area contributed by atoms with Crippen LogP contribution in [0.15, 0.2) is 24.4 Å².